The summed E-state index contributed by atoms with van der Waals surface area (Å²) in [4.78, 5) is 0. The molecule has 0 aliphatic carbocycles. The van der Waals surface area contributed by atoms with Crippen molar-refractivity contribution in [2.24, 2.45) is 5.92 Å². The molecule has 0 bridgehead atoms. The summed E-state index contributed by atoms with van der Waals surface area (Å²) in [6.07, 6.45) is 6.69. The third-order valence-electron chi connectivity index (χ3n) is 4.07. The normalized spacial score (nSPS) is 17.4. The molecule has 1 aromatic rings. The van der Waals surface area contributed by atoms with Crippen molar-refractivity contribution in [2.75, 3.05) is 0 Å². The van der Waals surface area contributed by atoms with E-state index in [2.05, 4.69) is 63.3 Å². The number of allylic oxidation sites excluding steroid dienone is 1. The van der Waals surface area contributed by atoms with E-state index in [4.69, 9.17) is 0 Å². The van der Waals surface area contributed by atoms with Gasteiger partial charge in [0.1, 0.15) is 0 Å². The molecule has 19 heavy (non-hydrogen) atoms. The van der Waals surface area contributed by atoms with Gasteiger partial charge in [0.05, 0.1) is 5.60 Å². The monoisotopic (exact) mass is 260 g/mol. The van der Waals surface area contributed by atoms with Crippen molar-refractivity contribution in [3.63, 3.8) is 0 Å². The van der Waals surface area contributed by atoms with Crippen molar-refractivity contribution in [3.8, 4) is 0 Å². The third-order valence-corrected chi connectivity index (χ3v) is 4.07. The third kappa shape index (κ3) is 4.50. The van der Waals surface area contributed by atoms with Gasteiger partial charge in [0.2, 0.25) is 0 Å². The first-order valence-electron chi connectivity index (χ1n) is 7.27. The molecule has 1 aromatic carbocycles. The van der Waals surface area contributed by atoms with Gasteiger partial charge in [-0.25, -0.2) is 0 Å². The molecular weight excluding hydrogens is 232 g/mol. The molecule has 1 rings (SSSR count). The zero-order valence-corrected chi connectivity index (χ0v) is 13.0. The van der Waals surface area contributed by atoms with Crippen LogP contribution < -0.4 is 0 Å². The highest BCUT2D eigenvalue weighted by Gasteiger charge is 2.25. The van der Waals surface area contributed by atoms with E-state index in [9.17, 15) is 5.11 Å². The zero-order chi connectivity index (χ0) is 14.5. The van der Waals surface area contributed by atoms with Gasteiger partial charge < -0.3 is 5.11 Å². The van der Waals surface area contributed by atoms with E-state index in [1.165, 1.54) is 5.56 Å². The van der Waals surface area contributed by atoms with Crippen LogP contribution in [0.1, 0.15) is 53.0 Å². The summed E-state index contributed by atoms with van der Waals surface area (Å²) in [5.74, 6) is 0.146. The smallest absolute Gasteiger partial charge is 0.0651 e. The lowest BCUT2D eigenvalue weighted by Gasteiger charge is -2.29. The highest BCUT2D eigenvalue weighted by Crippen LogP contribution is 2.31. The van der Waals surface area contributed by atoms with Crippen molar-refractivity contribution < 1.29 is 5.11 Å². The quantitative estimate of drug-likeness (QED) is 0.735. The van der Waals surface area contributed by atoms with E-state index < -0.39 is 5.60 Å². The summed E-state index contributed by atoms with van der Waals surface area (Å²) in [6.45, 7) is 10.3. The molecule has 0 aromatic heterocycles. The molecule has 0 aliphatic heterocycles. The van der Waals surface area contributed by atoms with Gasteiger partial charge in [-0.2, -0.15) is 0 Å². The van der Waals surface area contributed by atoms with Gasteiger partial charge in [-0.05, 0) is 25.8 Å². The van der Waals surface area contributed by atoms with Crippen LogP contribution in [0.5, 0.6) is 0 Å². The average Bonchev–Trinajstić information content (AvgIpc) is 2.36. The summed E-state index contributed by atoms with van der Waals surface area (Å²) in [6, 6.07) is 10.6. The predicted octanol–water partition coefficient (Wildman–Crippen LogP) is 4.71. The van der Waals surface area contributed by atoms with Gasteiger partial charge in [0.25, 0.3) is 0 Å². The van der Waals surface area contributed by atoms with Crippen LogP contribution >= 0.6 is 0 Å². The van der Waals surface area contributed by atoms with Gasteiger partial charge >= 0.3 is 0 Å². The Morgan fingerprint density at radius 1 is 1.16 bits per heavy atom. The minimum Gasteiger partial charge on any atom is -0.390 e. The molecule has 0 radical (unpaired) electrons. The maximum absolute atomic E-state index is 10.0. The highest BCUT2D eigenvalue weighted by atomic mass is 16.3. The molecular formula is C18H28O. The van der Waals surface area contributed by atoms with E-state index in [1.807, 2.05) is 13.8 Å². The number of aliphatic hydroxyl groups is 1. The van der Waals surface area contributed by atoms with Gasteiger partial charge in [-0.1, -0.05) is 69.7 Å². The zero-order valence-electron chi connectivity index (χ0n) is 13.0. The average molecular weight is 260 g/mol. The van der Waals surface area contributed by atoms with Crippen molar-refractivity contribution in [1.29, 1.82) is 0 Å². The molecule has 1 heteroatoms. The highest BCUT2D eigenvalue weighted by molar-refractivity contribution is 5.30. The molecule has 0 fully saturated rings. The molecule has 0 aliphatic rings. The number of hydrogen-bond acceptors (Lipinski definition) is 1. The number of benzene rings is 1. The molecule has 0 spiro atoms. The Labute approximate surface area is 118 Å². The van der Waals surface area contributed by atoms with E-state index >= 15 is 0 Å². The summed E-state index contributed by atoms with van der Waals surface area (Å²) < 4.78 is 0. The Balaban J connectivity index is 2.98. The van der Waals surface area contributed by atoms with Gasteiger partial charge in [-0.15, -0.1) is 0 Å². The van der Waals surface area contributed by atoms with Gasteiger partial charge in [0.15, 0.2) is 0 Å². The van der Waals surface area contributed by atoms with Crippen LogP contribution in [0, 0.1) is 5.92 Å². The molecule has 1 N–H and O–H groups in total. The van der Waals surface area contributed by atoms with Crippen LogP contribution in [0.2, 0.25) is 0 Å². The lowest BCUT2D eigenvalue weighted by Crippen LogP contribution is -2.28. The van der Waals surface area contributed by atoms with Crippen molar-refractivity contribution in [3.05, 3.63) is 48.0 Å². The first-order valence-corrected chi connectivity index (χ1v) is 7.27. The summed E-state index contributed by atoms with van der Waals surface area (Å²) in [7, 11) is 0. The Kier molecular flexibility index (Phi) is 5.37. The van der Waals surface area contributed by atoms with Gasteiger partial charge in [0, 0.05) is 11.3 Å². The predicted molar refractivity (Wildman–Crippen MR) is 83.3 cm³/mol. The fourth-order valence-electron chi connectivity index (χ4n) is 2.25. The fraction of sp³-hybridized carbons (Fsp3) is 0.556. The van der Waals surface area contributed by atoms with E-state index in [0.29, 0.717) is 0 Å². The molecule has 2 atom stereocenters. The van der Waals surface area contributed by atoms with Crippen molar-refractivity contribution in [1.82, 2.24) is 0 Å². The second-order valence-corrected chi connectivity index (χ2v) is 6.33. The van der Waals surface area contributed by atoms with Crippen LogP contribution in [0.25, 0.3) is 0 Å². The molecule has 0 heterocycles. The van der Waals surface area contributed by atoms with Crippen LogP contribution in [0.4, 0.5) is 0 Å². The van der Waals surface area contributed by atoms with Crippen molar-refractivity contribution >= 4 is 0 Å². The number of hydrogen-bond donors (Lipinski definition) is 1. The Morgan fingerprint density at radius 3 is 2.21 bits per heavy atom. The summed E-state index contributed by atoms with van der Waals surface area (Å²) >= 11 is 0. The Morgan fingerprint density at radius 2 is 1.74 bits per heavy atom. The SMILES string of the molecule is CCC[C@@](C)(/C=C/[C@@H](C)C(C)(C)O)c1ccccc1. The lowest BCUT2D eigenvalue weighted by molar-refractivity contribution is 0.0438. The topological polar surface area (TPSA) is 20.2 Å². The second-order valence-electron chi connectivity index (χ2n) is 6.33. The van der Waals surface area contributed by atoms with Gasteiger partial charge in [-0.3, -0.25) is 0 Å². The van der Waals surface area contributed by atoms with Crippen LogP contribution in [0.15, 0.2) is 42.5 Å². The molecule has 106 valence electrons. The molecule has 1 nitrogen and oxygen atoms in total. The second kappa shape index (κ2) is 6.38. The first-order chi connectivity index (χ1) is 8.79. The van der Waals surface area contributed by atoms with Crippen LogP contribution in [0.3, 0.4) is 0 Å². The fourth-order valence-corrected chi connectivity index (χ4v) is 2.25. The summed E-state index contributed by atoms with van der Waals surface area (Å²) in [5, 5.41) is 10.0. The summed E-state index contributed by atoms with van der Waals surface area (Å²) in [5.41, 5.74) is 0.728. The standard InChI is InChI=1S/C18H28O/c1-6-13-18(5,16-10-8-7-9-11-16)14-12-15(2)17(3,4)19/h7-12,14-15,19H,6,13H2,1-5H3/b14-12+/t15-,18+/m1/s1. The molecule has 0 unspecified atom stereocenters. The maximum atomic E-state index is 10.0. The minimum atomic E-state index is -0.666. The minimum absolute atomic E-state index is 0.0511. The van der Waals surface area contributed by atoms with E-state index in [-0.39, 0.29) is 11.3 Å². The molecule has 0 amide bonds. The Hall–Kier alpha value is -1.08. The largest absolute Gasteiger partial charge is 0.390 e. The van der Waals surface area contributed by atoms with Crippen LogP contribution in [-0.4, -0.2) is 10.7 Å². The Bertz CT molecular complexity index is 399. The van der Waals surface area contributed by atoms with E-state index in [1.54, 1.807) is 0 Å². The molecule has 0 saturated heterocycles. The van der Waals surface area contributed by atoms with Crippen molar-refractivity contribution in [2.45, 2.75) is 58.5 Å². The maximum Gasteiger partial charge on any atom is 0.0651 e. The number of rotatable bonds is 6. The van der Waals surface area contributed by atoms with Crippen LogP contribution in [-0.2, 0) is 5.41 Å². The molecule has 0 saturated carbocycles. The van der Waals surface area contributed by atoms with E-state index in [0.717, 1.165) is 12.8 Å². The lowest BCUT2D eigenvalue weighted by atomic mass is 9.77. The first kappa shape index (κ1) is 16.0.